The third-order valence-electron chi connectivity index (χ3n) is 5.26. The van der Waals surface area contributed by atoms with Gasteiger partial charge in [0, 0.05) is 23.9 Å². The first kappa shape index (κ1) is 18.3. The monoisotopic (exact) mass is 375 g/mol. The largest absolute Gasteiger partial charge is 0.504 e. The van der Waals surface area contributed by atoms with E-state index < -0.39 is 6.29 Å². The lowest BCUT2D eigenvalue weighted by atomic mass is 9.94. The molecule has 0 amide bonds. The number of ether oxygens (including phenoxy) is 3. The van der Waals surface area contributed by atoms with Gasteiger partial charge >= 0.3 is 5.63 Å². The maximum Gasteiger partial charge on any atom is 0.341 e. The van der Waals surface area contributed by atoms with Gasteiger partial charge in [-0.25, -0.2) is 4.79 Å². The maximum atomic E-state index is 12.6. The van der Waals surface area contributed by atoms with Crippen molar-refractivity contribution in [2.24, 2.45) is 5.41 Å². The molecule has 4 rings (SSSR count). The van der Waals surface area contributed by atoms with Gasteiger partial charge in [-0.3, -0.25) is 0 Å². The minimum Gasteiger partial charge on any atom is -0.504 e. The van der Waals surface area contributed by atoms with E-state index >= 15 is 0 Å². The van der Waals surface area contributed by atoms with Crippen LogP contribution < -0.4 is 10.4 Å². The lowest BCUT2D eigenvalue weighted by Crippen LogP contribution is -2.34. The number of hydrogen-bond donors (Lipinski definition) is 1. The van der Waals surface area contributed by atoms with Crippen LogP contribution in [0.2, 0.25) is 0 Å². The lowest BCUT2D eigenvalue weighted by molar-refractivity contribution is -0.226. The van der Waals surface area contributed by atoms with Crippen LogP contribution in [0.5, 0.6) is 11.5 Å². The number of rotatable bonds is 2. The van der Waals surface area contributed by atoms with Crippen molar-refractivity contribution in [3.05, 3.63) is 33.2 Å². The van der Waals surface area contributed by atoms with Crippen molar-refractivity contribution in [2.45, 2.75) is 33.1 Å². The Bertz CT molecular complexity index is 938. The second kappa shape index (κ2) is 6.51. The summed E-state index contributed by atoms with van der Waals surface area (Å²) in [6, 6.07) is 1.73. The predicted molar refractivity (Wildman–Crippen MR) is 99.2 cm³/mol. The zero-order valence-electron chi connectivity index (χ0n) is 16.1. The molecule has 1 N–H and O–H groups in total. The molecule has 2 aliphatic rings. The van der Waals surface area contributed by atoms with Gasteiger partial charge in [0.2, 0.25) is 0 Å². The number of likely N-dealkylation sites (N-methyl/N-ethyl adjacent to an activating group) is 1. The lowest BCUT2D eigenvalue weighted by Gasteiger charge is -2.35. The highest BCUT2D eigenvalue weighted by Gasteiger charge is 2.34. The average Bonchev–Trinajstić information content (AvgIpc) is 2.62. The van der Waals surface area contributed by atoms with Crippen LogP contribution in [0.25, 0.3) is 11.0 Å². The van der Waals surface area contributed by atoms with Gasteiger partial charge in [-0.05, 0) is 25.1 Å². The Labute approximate surface area is 157 Å². The number of phenols is 1. The SMILES string of the molecule is COc1cc2c3c(c(=O)oc2c(C2OCC(C)(C)CO2)c1O)CN(C)CC3. The van der Waals surface area contributed by atoms with Crippen molar-refractivity contribution < 1.29 is 23.7 Å². The Kier molecular flexibility index (Phi) is 4.41. The Morgan fingerprint density at radius 3 is 2.63 bits per heavy atom. The molecule has 7 heteroatoms. The van der Waals surface area contributed by atoms with E-state index in [1.165, 1.54) is 7.11 Å². The first-order chi connectivity index (χ1) is 12.8. The number of nitrogens with zero attached hydrogens (tertiary/aromatic N) is 1. The third kappa shape index (κ3) is 3.09. The summed E-state index contributed by atoms with van der Waals surface area (Å²) in [5, 5.41) is 11.5. The number of phenolic OH excluding ortho intramolecular Hbond substituents is 1. The number of hydrogen-bond acceptors (Lipinski definition) is 7. The van der Waals surface area contributed by atoms with Crippen molar-refractivity contribution in [3.8, 4) is 11.5 Å². The third-order valence-corrected chi connectivity index (χ3v) is 5.26. The molecule has 1 aromatic heterocycles. The van der Waals surface area contributed by atoms with E-state index in [0.717, 1.165) is 23.9 Å². The molecule has 1 aromatic carbocycles. The molecule has 3 heterocycles. The van der Waals surface area contributed by atoms with Crippen LogP contribution in [0, 0.1) is 5.41 Å². The normalized spacial score (nSPS) is 20.6. The second-order valence-electron chi connectivity index (χ2n) is 8.17. The van der Waals surface area contributed by atoms with Gasteiger partial charge in [-0.15, -0.1) is 0 Å². The molecule has 0 aliphatic carbocycles. The molecule has 2 aliphatic heterocycles. The minimum atomic E-state index is -0.817. The highest BCUT2D eigenvalue weighted by Crippen LogP contribution is 2.45. The van der Waals surface area contributed by atoms with Crippen molar-refractivity contribution in [1.82, 2.24) is 4.90 Å². The molecule has 0 bridgehead atoms. The molecule has 1 saturated heterocycles. The summed E-state index contributed by atoms with van der Waals surface area (Å²) in [7, 11) is 3.47. The van der Waals surface area contributed by atoms with Gasteiger partial charge in [0.15, 0.2) is 23.4 Å². The van der Waals surface area contributed by atoms with Crippen LogP contribution in [0.4, 0.5) is 0 Å². The predicted octanol–water partition coefficient (Wildman–Crippen LogP) is 2.57. The molecular formula is C20H25NO6. The summed E-state index contributed by atoms with van der Waals surface area (Å²) in [5.41, 5.74) is 1.72. The molecule has 0 unspecified atom stereocenters. The van der Waals surface area contributed by atoms with Gasteiger partial charge in [0.25, 0.3) is 0 Å². The van der Waals surface area contributed by atoms with E-state index in [9.17, 15) is 9.90 Å². The van der Waals surface area contributed by atoms with E-state index in [0.29, 0.717) is 42.2 Å². The number of benzene rings is 1. The summed E-state index contributed by atoms with van der Waals surface area (Å²) in [5.74, 6) is 0.190. The summed E-state index contributed by atoms with van der Waals surface area (Å²) >= 11 is 0. The van der Waals surface area contributed by atoms with Crippen LogP contribution in [0.15, 0.2) is 15.3 Å². The Hall–Kier alpha value is -2.09. The molecule has 0 saturated carbocycles. The maximum absolute atomic E-state index is 12.6. The van der Waals surface area contributed by atoms with Crippen molar-refractivity contribution >= 4 is 11.0 Å². The topological polar surface area (TPSA) is 81.4 Å². The summed E-state index contributed by atoms with van der Waals surface area (Å²) < 4.78 is 22.8. The molecule has 27 heavy (non-hydrogen) atoms. The van der Waals surface area contributed by atoms with Crippen LogP contribution in [0.1, 0.15) is 36.8 Å². The number of fused-ring (bicyclic) bond motifs is 3. The summed E-state index contributed by atoms with van der Waals surface area (Å²) in [4.78, 5) is 14.7. The Balaban J connectivity index is 1.94. The van der Waals surface area contributed by atoms with Crippen LogP contribution in [0.3, 0.4) is 0 Å². The number of aromatic hydroxyl groups is 1. The molecule has 2 aromatic rings. The zero-order valence-corrected chi connectivity index (χ0v) is 16.1. The van der Waals surface area contributed by atoms with Crippen molar-refractivity contribution in [2.75, 3.05) is 33.9 Å². The fourth-order valence-electron chi connectivity index (χ4n) is 3.75. The standard InChI is InChI=1S/C20H25NO6/c1-20(2)9-25-19(26-10-20)15-16(22)14(24-4)7-12-11-5-6-21(3)8-13(11)18(23)27-17(12)15/h7,19,22H,5-6,8-10H2,1-4H3. The fourth-order valence-corrected chi connectivity index (χ4v) is 3.75. The highest BCUT2D eigenvalue weighted by molar-refractivity contribution is 5.88. The van der Waals surface area contributed by atoms with Crippen LogP contribution in [-0.2, 0) is 22.4 Å². The average molecular weight is 375 g/mol. The smallest absolute Gasteiger partial charge is 0.341 e. The first-order valence-corrected chi connectivity index (χ1v) is 9.11. The first-order valence-electron chi connectivity index (χ1n) is 9.11. The molecule has 7 nitrogen and oxygen atoms in total. The second-order valence-corrected chi connectivity index (χ2v) is 8.17. The minimum absolute atomic E-state index is 0.120. The van der Waals surface area contributed by atoms with E-state index in [4.69, 9.17) is 18.6 Å². The van der Waals surface area contributed by atoms with Crippen molar-refractivity contribution in [3.63, 3.8) is 0 Å². The quantitative estimate of drug-likeness (QED) is 0.808. The molecule has 0 radical (unpaired) electrons. The van der Waals surface area contributed by atoms with Gasteiger partial charge < -0.3 is 28.6 Å². The van der Waals surface area contributed by atoms with Gasteiger partial charge in [-0.1, -0.05) is 13.8 Å². The molecule has 0 atom stereocenters. The molecule has 0 spiro atoms. The van der Waals surface area contributed by atoms with E-state index in [-0.39, 0.29) is 16.8 Å². The van der Waals surface area contributed by atoms with E-state index in [1.807, 2.05) is 20.9 Å². The van der Waals surface area contributed by atoms with Crippen LogP contribution in [-0.4, -0.2) is 43.9 Å². The number of methoxy groups -OCH3 is 1. The Morgan fingerprint density at radius 2 is 1.96 bits per heavy atom. The van der Waals surface area contributed by atoms with E-state index in [1.54, 1.807) is 6.07 Å². The van der Waals surface area contributed by atoms with E-state index in [2.05, 4.69) is 4.90 Å². The highest BCUT2D eigenvalue weighted by atomic mass is 16.7. The van der Waals surface area contributed by atoms with Gasteiger partial charge in [-0.2, -0.15) is 0 Å². The fraction of sp³-hybridized carbons (Fsp3) is 0.550. The molecule has 1 fully saturated rings. The zero-order chi connectivity index (χ0) is 19.3. The molecular weight excluding hydrogens is 350 g/mol. The van der Waals surface area contributed by atoms with Crippen LogP contribution >= 0.6 is 0 Å². The molecule has 146 valence electrons. The van der Waals surface area contributed by atoms with Gasteiger partial charge in [0.1, 0.15) is 0 Å². The van der Waals surface area contributed by atoms with Crippen molar-refractivity contribution in [1.29, 1.82) is 0 Å². The summed E-state index contributed by atoms with van der Waals surface area (Å²) in [6.07, 6.45) is -0.0937. The van der Waals surface area contributed by atoms with Gasteiger partial charge in [0.05, 0.1) is 31.5 Å². The summed E-state index contributed by atoms with van der Waals surface area (Å²) in [6.45, 7) is 6.40. The Morgan fingerprint density at radius 1 is 1.26 bits per heavy atom.